The maximum Gasteiger partial charge on any atom is 0.138 e. The molecule has 0 aromatic heterocycles. The zero-order chi connectivity index (χ0) is 15.2. The minimum absolute atomic E-state index is 0.110. The molecule has 0 heterocycles. The molecule has 2 nitrogen and oxygen atoms in total. The van der Waals surface area contributed by atoms with Crippen molar-refractivity contribution in [2.75, 3.05) is 0 Å². The molecule has 0 bridgehead atoms. The molecule has 1 saturated carbocycles. The van der Waals surface area contributed by atoms with E-state index < -0.39 is 0 Å². The summed E-state index contributed by atoms with van der Waals surface area (Å²) in [6, 6.07) is 3.90. The molecular weight excluding hydrogens is 328 g/mol. The molecule has 0 spiro atoms. The SMILES string of the molecule is CCC(=O)C1(C)CCC2c3ccc(O)c(Br)c3CC[C@H]2C1. The Bertz CT molecular complexity index is 581. The zero-order valence-corrected chi connectivity index (χ0v) is 14.4. The second-order valence-corrected chi connectivity index (χ2v) is 7.74. The minimum Gasteiger partial charge on any atom is -0.507 e. The predicted octanol–water partition coefficient (Wildman–Crippen LogP) is 4.97. The topological polar surface area (TPSA) is 37.3 Å². The molecule has 2 aliphatic carbocycles. The van der Waals surface area contributed by atoms with Gasteiger partial charge in [-0.1, -0.05) is 19.9 Å². The molecule has 0 saturated heterocycles. The second kappa shape index (κ2) is 5.42. The number of ketones is 1. The van der Waals surface area contributed by atoms with Gasteiger partial charge in [-0.3, -0.25) is 4.79 Å². The van der Waals surface area contributed by atoms with Crippen molar-refractivity contribution in [2.24, 2.45) is 11.3 Å². The van der Waals surface area contributed by atoms with Gasteiger partial charge in [-0.2, -0.15) is 0 Å². The van der Waals surface area contributed by atoms with Gasteiger partial charge in [0.2, 0.25) is 0 Å². The van der Waals surface area contributed by atoms with Crippen LogP contribution in [0.25, 0.3) is 0 Å². The minimum atomic E-state index is -0.110. The molecular formula is C18H23BrO2. The third-order valence-corrected chi connectivity index (χ3v) is 6.59. The highest BCUT2D eigenvalue weighted by Crippen LogP contribution is 2.53. The fourth-order valence-corrected chi connectivity index (χ4v) is 5.04. The summed E-state index contributed by atoms with van der Waals surface area (Å²) in [5.74, 6) is 1.94. The van der Waals surface area contributed by atoms with E-state index in [2.05, 4.69) is 28.9 Å². The van der Waals surface area contributed by atoms with Crippen LogP contribution in [0, 0.1) is 11.3 Å². The molecule has 114 valence electrons. The van der Waals surface area contributed by atoms with Gasteiger partial charge in [0.05, 0.1) is 4.47 Å². The number of phenolic OH excluding ortho intramolecular Hbond substituents is 1. The first-order valence-electron chi connectivity index (χ1n) is 8.00. The number of hydrogen-bond donors (Lipinski definition) is 1. The number of benzene rings is 1. The molecule has 2 aliphatic rings. The van der Waals surface area contributed by atoms with Crippen LogP contribution in [0.1, 0.15) is 63.0 Å². The number of phenols is 1. The lowest BCUT2D eigenvalue weighted by Gasteiger charge is -2.45. The molecule has 1 N–H and O–H groups in total. The van der Waals surface area contributed by atoms with E-state index in [9.17, 15) is 9.90 Å². The smallest absolute Gasteiger partial charge is 0.138 e. The van der Waals surface area contributed by atoms with Crippen molar-refractivity contribution in [1.82, 2.24) is 0 Å². The Morgan fingerprint density at radius 1 is 1.43 bits per heavy atom. The van der Waals surface area contributed by atoms with Gasteiger partial charge in [-0.15, -0.1) is 0 Å². The first-order valence-corrected chi connectivity index (χ1v) is 8.79. The van der Waals surface area contributed by atoms with Crippen molar-refractivity contribution >= 4 is 21.7 Å². The summed E-state index contributed by atoms with van der Waals surface area (Å²) in [7, 11) is 0. The quantitative estimate of drug-likeness (QED) is 0.817. The maximum atomic E-state index is 12.3. The second-order valence-electron chi connectivity index (χ2n) is 6.95. The average Bonchev–Trinajstić information content (AvgIpc) is 2.49. The Hall–Kier alpha value is -0.830. The Labute approximate surface area is 135 Å². The fraction of sp³-hybridized carbons (Fsp3) is 0.611. The predicted molar refractivity (Wildman–Crippen MR) is 87.6 cm³/mol. The Morgan fingerprint density at radius 3 is 2.90 bits per heavy atom. The maximum absolute atomic E-state index is 12.3. The van der Waals surface area contributed by atoms with Crippen LogP contribution >= 0.6 is 15.9 Å². The molecule has 0 radical (unpaired) electrons. The lowest BCUT2D eigenvalue weighted by molar-refractivity contribution is -0.130. The van der Waals surface area contributed by atoms with E-state index in [0.717, 1.165) is 36.6 Å². The van der Waals surface area contributed by atoms with Gasteiger partial charge in [-0.05, 0) is 77.1 Å². The largest absolute Gasteiger partial charge is 0.507 e. The summed E-state index contributed by atoms with van der Waals surface area (Å²) in [5.41, 5.74) is 2.56. The molecule has 0 aliphatic heterocycles. The number of rotatable bonds is 2. The van der Waals surface area contributed by atoms with Gasteiger partial charge in [0.15, 0.2) is 0 Å². The van der Waals surface area contributed by atoms with E-state index in [1.165, 1.54) is 11.1 Å². The number of Topliss-reactive ketones (excluding diaryl/α,β-unsaturated/α-hetero) is 1. The highest BCUT2D eigenvalue weighted by Gasteiger charge is 2.43. The first-order chi connectivity index (χ1) is 9.96. The third kappa shape index (κ3) is 2.44. The number of carbonyl (C=O) groups is 1. The molecule has 3 heteroatoms. The molecule has 3 atom stereocenters. The summed E-state index contributed by atoms with van der Waals surface area (Å²) in [6.45, 7) is 4.15. The van der Waals surface area contributed by atoms with E-state index in [-0.39, 0.29) is 5.41 Å². The van der Waals surface area contributed by atoms with Crippen LogP contribution in [0.5, 0.6) is 5.75 Å². The molecule has 1 aromatic rings. The molecule has 1 aromatic carbocycles. The standard InChI is InChI=1S/C18H23BrO2/c1-3-16(21)18(2)9-8-12-11(10-18)4-5-14-13(12)6-7-15(20)17(14)19/h6-7,11-12,20H,3-5,8-10H2,1-2H3/t11-,12?,18?/m0/s1. The van der Waals surface area contributed by atoms with Crippen molar-refractivity contribution < 1.29 is 9.90 Å². The van der Waals surface area contributed by atoms with Crippen LogP contribution in [0.2, 0.25) is 0 Å². The number of carbonyl (C=O) groups excluding carboxylic acids is 1. The van der Waals surface area contributed by atoms with Crippen molar-refractivity contribution in [1.29, 1.82) is 0 Å². The van der Waals surface area contributed by atoms with Gasteiger partial charge in [0.1, 0.15) is 11.5 Å². The van der Waals surface area contributed by atoms with E-state index in [1.807, 2.05) is 6.92 Å². The molecule has 2 unspecified atom stereocenters. The third-order valence-electron chi connectivity index (χ3n) is 5.71. The number of hydrogen-bond acceptors (Lipinski definition) is 2. The summed E-state index contributed by atoms with van der Waals surface area (Å²) in [6.07, 6.45) is 5.91. The van der Waals surface area contributed by atoms with Crippen molar-refractivity contribution in [3.63, 3.8) is 0 Å². The van der Waals surface area contributed by atoms with Crippen LogP contribution < -0.4 is 0 Å². The fourth-order valence-electron chi connectivity index (χ4n) is 4.48. The van der Waals surface area contributed by atoms with E-state index in [0.29, 0.717) is 29.8 Å². The monoisotopic (exact) mass is 350 g/mol. The lowest BCUT2D eigenvalue weighted by Crippen LogP contribution is -2.38. The van der Waals surface area contributed by atoms with Crippen molar-refractivity contribution in [3.05, 3.63) is 27.7 Å². The number of fused-ring (bicyclic) bond motifs is 3. The van der Waals surface area contributed by atoms with Crippen LogP contribution in [-0.4, -0.2) is 10.9 Å². The number of halogens is 1. The summed E-state index contributed by atoms with van der Waals surface area (Å²) < 4.78 is 0.872. The zero-order valence-electron chi connectivity index (χ0n) is 12.8. The van der Waals surface area contributed by atoms with Gasteiger partial charge >= 0.3 is 0 Å². The normalized spacial score (nSPS) is 31.4. The first kappa shape index (κ1) is 15.1. The average molecular weight is 351 g/mol. The van der Waals surface area contributed by atoms with E-state index in [1.54, 1.807) is 6.07 Å². The van der Waals surface area contributed by atoms with Crippen LogP contribution in [0.15, 0.2) is 16.6 Å². The summed E-state index contributed by atoms with van der Waals surface area (Å²) in [5, 5.41) is 9.87. The van der Waals surface area contributed by atoms with Crippen molar-refractivity contribution in [2.45, 2.75) is 58.3 Å². The Balaban J connectivity index is 1.90. The van der Waals surface area contributed by atoms with E-state index in [4.69, 9.17) is 0 Å². The summed E-state index contributed by atoms with van der Waals surface area (Å²) in [4.78, 5) is 12.3. The van der Waals surface area contributed by atoms with Crippen molar-refractivity contribution in [3.8, 4) is 5.75 Å². The van der Waals surface area contributed by atoms with Crippen LogP contribution in [0.4, 0.5) is 0 Å². The van der Waals surface area contributed by atoms with Gasteiger partial charge in [0.25, 0.3) is 0 Å². The van der Waals surface area contributed by atoms with Gasteiger partial charge in [-0.25, -0.2) is 0 Å². The van der Waals surface area contributed by atoms with Gasteiger partial charge in [0, 0.05) is 11.8 Å². The lowest BCUT2D eigenvalue weighted by atomic mass is 9.59. The highest BCUT2D eigenvalue weighted by atomic mass is 79.9. The highest BCUT2D eigenvalue weighted by molar-refractivity contribution is 9.10. The molecule has 3 rings (SSSR count). The van der Waals surface area contributed by atoms with Gasteiger partial charge < -0.3 is 5.11 Å². The molecule has 1 fully saturated rings. The molecule has 0 amide bonds. The van der Waals surface area contributed by atoms with Crippen LogP contribution in [0.3, 0.4) is 0 Å². The summed E-state index contributed by atoms with van der Waals surface area (Å²) >= 11 is 3.54. The number of aromatic hydroxyl groups is 1. The molecule has 21 heavy (non-hydrogen) atoms. The Kier molecular flexibility index (Phi) is 3.89. The Morgan fingerprint density at radius 2 is 2.19 bits per heavy atom. The van der Waals surface area contributed by atoms with E-state index >= 15 is 0 Å². The van der Waals surface area contributed by atoms with Crippen LogP contribution in [-0.2, 0) is 11.2 Å².